The minimum atomic E-state index is -0.669. The summed E-state index contributed by atoms with van der Waals surface area (Å²) in [6.45, 7) is 4.42. The van der Waals surface area contributed by atoms with Crippen molar-refractivity contribution in [3.8, 4) is 0 Å². The molecule has 0 saturated carbocycles. The Labute approximate surface area is 187 Å². The van der Waals surface area contributed by atoms with Crippen molar-refractivity contribution < 1.29 is 19.1 Å². The van der Waals surface area contributed by atoms with Crippen LogP contribution in [0, 0.1) is 18.8 Å². The van der Waals surface area contributed by atoms with Gasteiger partial charge in [0, 0.05) is 34.8 Å². The minimum Gasteiger partial charge on any atom is -0.466 e. The Morgan fingerprint density at radius 3 is 2.12 bits per heavy atom. The summed E-state index contributed by atoms with van der Waals surface area (Å²) >= 11 is 0. The summed E-state index contributed by atoms with van der Waals surface area (Å²) in [5, 5.41) is 6.54. The Bertz CT molecular complexity index is 1110. The second-order valence-electron chi connectivity index (χ2n) is 7.95. The van der Waals surface area contributed by atoms with Crippen LogP contribution in [0.5, 0.6) is 0 Å². The Morgan fingerprint density at radius 1 is 0.906 bits per heavy atom. The second kappa shape index (κ2) is 9.22. The predicted octanol–water partition coefficient (Wildman–Crippen LogP) is 4.04. The highest BCUT2D eigenvalue weighted by Crippen LogP contribution is 2.40. The van der Waals surface area contributed by atoms with Gasteiger partial charge in [-0.3, -0.25) is 14.4 Å². The number of ether oxygens (including phenoxy) is 1. The van der Waals surface area contributed by atoms with Crippen LogP contribution < -0.4 is 10.6 Å². The number of aryl methyl sites for hydroxylation is 1. The van der Waals surface area contributed by atoms with Gasteiger partial charge in [-0.15, -0.1) is 0 Å². The highest BCUT2D eigenvalue weighted by Gasteiger charge is 2.46. The molecule has 0 amide bonds. The first-order valence-electron chi connectivity index (χ1n) is 10.8. The number of allylic oxidation sites excluding steroid dienone is 4. The molecule has 0 saturated heterocycles. The standard InChI is InChI=1S/C26H26N2O4/c1-3-32-22(29)14-15-27-20-12-13-21(28-17-10-8-16(2)9-11-17)24-23(20)25(30)18-6-4-5-7-19(18)26(24)31/h4-13,23-24,27-28H,3,14-15H2,1-2H3. The van der Waals surface area contributed by atoms with Crippen LogP contribution in [0.2, 0.25) is 0 Å². The summed E-state index contributed by atoms with van der Waals surface area (Å²) < 4.78 is 4.97. The van der Waals surface area contributed by atoms with E-state index in [2.05, 4.69) is 10.6 Å². The van der Waals surface area contributed by atoms with Gasteiger partial charge in [-0.25, -0.2) is 0 Å². The smallest absolute Gasteiger partial charge is 0.307 e. The second-order valence-corrected chi connectivity index (χ2v) is 7.95. The van der Waals surface area contributed by atoms with Gasteiger partial charge >= 0.3 is 5.97 Å². The predicted molar refractivity (Wildman–Crippen MR) is 122 cm³/mol. The molecule has 0 radical (unpaired) electrons. The summed E-state index contributed by atoms with van der Waals surface area (Å²) in [5.74, 6) is -1.82. The van der Waals surface area contributed by atoms with Gasteiger partial charge in [0.1, 0.15) is 0 Å². The van der Waals surface area contributed by atoms with E-state index in [1.807, 2.05) is 43.3 Å². The molecule has 0 fully saturated rings. The molecular weight excluding hydrogens is 404 g/mol. The highest BCUT2D eigenvalue weighted by atomic mass is 16.5. The summed E-state index contributed by atoms with van der Waals surface area (Å²) in [6.07, 6.45) is 3.84. The zero-order chi connectivity index (χ0) is 22.7. The van der Waals surface area contributed by atoms with E-state index in [1.165, 1.54) is 0 Å². The van der Waals surface area contributed by atoms with E-state index in [1.54, 1.807) is 31.2 Å². The molecule has 2 N–H and O–H groups in total. The van der Waals surface area contributed by atoms with E-state index in [9.17, 15) is 14.4 Å². The van der Waals surface area contributed by atoms with Gasteiger partial charge in [0.15, 0.2) is 11.6 Å². The number of hydrogen-bond acceptors (Lipinski definition) is 6. The van der Waals surface area contributed by atoms with Gasteiger partial charge in [0.05, 0.1) is 24.9 Å². The van der Waals surface area contributed by atoms with Gasteiger partial charge < -0.3 is 15.4 Å². The largest absolute Gasteiger partial charge is 0.466 e. The average molecular weight is 431 g/mol. The lowest BCUT2D eigenvalue weighted by Crippen LogP contribution is -2.44. The maximum Gasteiger partial charge on any atom is 0.307 e. The number of rotatable bonds is 7. The Hall–Kier alpha value is -3.67. The Balaban J connectivity index is 1.66. The molecule has 2 aliphatic rings. The Kier molecular flexibility index (Phi) is 6.21. The van der Waals surface area contributed by atoms with E-state index in [-0.39, 0.29) is 24.0 Å². The first kappa shape index (κ1) is 21.6. The molecule has 6 nitrogen and oxygen atoms in total. The van der Waals surface area contributed by atoms with E-state index in [0.29, 0.717) is 35.7 Å². The van der Waals surface area contributed by atoms with Crippen LogP contribution in [0.4, 0.5) is 5.69 Å². The summed E-state index contributed by atoms with van der Waals surface area (Å²) in [7, 11) is 0. The monoisotopic (exact) mass is 430 g/mol. The number of Topliss-reactive ketones (excluding diaryl/α,β-unsaturated/α-hetero) is 2. The number of benzene rings is 2. The highest BCUT2D eigenvalue weighted by molar-refractivity contribution is 6.18. The van der Waals surface area contributed by atoms with Crippen molar-refractivity contribution in [2.75, 3.05) is 18.5 Å². The molecule has 32 heavy (non-hydrogen) atoms. The van der Waals surface area contributed by atoms with Gasteiger partial charge in [0.2, 0.25) is 0 Å². The fourth-order valence-corrected chi connectivity index (χ4v) is 4.21. The molecule has 2 aromatic carbocycles. The number of carbonyl (C=O) groups excluding carboxylic acids is 3. The van der Waals surface area contributed by atoms with E-state index < -0.39 is 11.8 Å². The SMILES string of the molecule is CCOC(=O)CCNC1=CC=C(Nc2ccc(C)cc2)C2C(=O)c3ccccc3C(=O)C12. The molecule has 2 unspecified atom stereocenters. The third-order valence-electron chi connectivity index (χ3n) is 5.77. The fourth-order valence-electron chi connectivity index (χ4n) is 4.21. The van der Waals surface area contributed by atoms with Crippen LogP contribution in [-0.4, -0.2) is 30.7 Å². The van der Waals surface area contributed by atoms with Crippen LogP contribution in [0.15, 0.2) is 72.1 Å². The first-order valence-corrected chi connectivity index (χ1v) is 10.8. The molecule has 0 heterocycles. The maximum atomic E-state index is 13.5. The number of ketones is 2. The average Bonchev–Trinajstić information content (AvgIpc) is 2.79. The molecular formula is C26H26N2O4. The van der Waals surface area contributed by atoms with E-state index in [0.717, 1.165) is 11.3 Å². The van der Waals surface area contributed by atoms with E-state index in [4.69, 9.17) is 4.74 Å². The maximum absolute atomic E-state index is 13.5. The van der Waals surface area contributed by atoms with Crippen molar-refractivity contribution in [2.24, 2.45) is 11.8 Å². The van der Waals surface area contributed by atoms with Gasteiger partial charge in [0.25, 0.3) is 0 Å². The number of hydrogen-bond donors (Lipinski definition) is 2. The lowest BCUT2D eigenvalue weighted by molar-refractivity contribution is -0.142. The number of carbonyl (C=O) groups is 3. The number of fused-ring (bicyclic) bond motifs is 2. The summed E-state index contributed by atoms with van der Waals surface area (Å²) in [4.78, 5) is 38.7. The van der Waals surface area contributed by atoms with Crippen molar-refractivity contribution in [3.05, 3.63) is 88.8 Å². The molecule has 164 valence electrons. The normalized spacial score (nSPS) is 19.3. The van der Waals surface area contributed by atoms with Crippen molar-refractivity contribution in [2.45, 2.75) is 20.3 Å². The summed E-state index contributed by atoms with van der Waals surface area (Å²) in [6, 6.07) is 14.8. The fraction of sp³-hybridized carbons (Fsp3) is 0.269. The quantitative estimate of drug-likeness (QED) is 0.645. The molecule has 2 atom stereocenters. The minimum absolute atomic E-state index is 0.0890. The molecule has 0 bridgehead atoms. The Morgan fingerprint density at radius 2 is 1.50 bits per heavy atom. The molecule has 0 spiro atoms. The number of anilines is 1. The van der Waals surface area contributed by atoms with Crippen molar-refractivity contribution in [1.29, 1.82) is 0 Å². The van der Waals surface area contributed by atoms with Crippen molar-refractivity contribution >= 4 is 23.2 Å². The molecule has 0 aliphatic heterocycles. The van der Waals surface area contributed by atoms with Gasteiger partial charge in [-0.1, -0.05) is 42.0 Å². The van der Waals surface area contributed by atoms with Crippen LogP contribution in [0.3, 0.4) is 0 Å². The van der Waals surface area contributed by atoms with Crippen molar-refractivity contribution in [1.82, 2.24) is 5.32 Å². The van der Waals surface area contributed by atoms with Gasteiger partial charge in [-0.2, -0.15) is 0 Å². The third kappa shape index (κ3) is 4.21. The molecule has 2 aromatic rings. The molecule has 2 aliphatic carbocycles. The van der Waals surface area contributed by atoms with Crippen molar-refractivity contribution in [3.63, 3.8) is 0 Å². The molecule has 4 rings (SSSR count). The number of esters is 1. The molecule has 6 heteroatoms. The topological polar surface area (TPSA) is 84.5 Å². The first-order chi connectivity index (χ1) is 15.5. The van der Waals surface area contributed by atoms with Crippen LogP contribution >= 0.6 is 0 Å². The zero-order valence-electron chi connectivity index (χ0n) is 18.2. The van der Waals surface area contributed by atoms with Crippen LogP contribution in [-0.2, 0) is 9.53 Å². The lowest BCUT2D eigenvalue weighted by atomic mass is 9.69. The van der Waals surface area contributed by atoms with Gasteiger partial charge in [-0.05, 0) is 38.1 Å². The van der Waals surface area contributed by atoms with Crippen LogP contribution in [0.1, 0.15) is 39.6 Å². The van der Waals surface area contributed by atoms with Crippen LogP contribution in [0.25, 0.3) is 0 Å². The van der Waals surface area contributed by atoms with E-state index >= 15 is 0 Å². The summed E-state index contributed by atoms with van der Waals surface area (Å²) in [5.41, 5.74) is 4.20. The number of nitrogens with one attached hydrogen (secondary N) is 2. The molecule has 0 aromatic heterocycles. The lowest BCUT2D eigenvalue weighted by Gasteiger charge is -2.36. The zero-order valence-corrected chi connectivity index (χ0v) is 18.2. The third-order valence-corrected chi connectivity index (χ3v) is 5.77.